The van der Waals surface area contributed by atoms with Gasteiger partial charge in [-0.2, -0.15) is 0 Å². The van der Waals surface area contributed by atoms with Gasteiger partial charge in [-0.1, -0.05) is 63.6 Å². The summed E-state index contributed by atoms with van der Waals surface area (Å²) in [6, 6.07) is 23.4. The van der Waals surface area contributed by atoms with Crippen LogP contribution in [0.1, 0.15) is 12.5 Å². The molecule has 1 heterocycles. The quantitative estimate of drug-likeness (QED) is 0.281. The largest absolute Gasteiger partial charge is 0.494 e. The average Bonchev–Trinajstić information content (AvgIpc) is 3.23. The Morgan fingerprint density at radius 3 is 2.52 bits per heavy atom. The third-order valence-electron chi connectivity index (χ3n) is 4.79. The molecule has 0 fully saturated rings. The van der Waals surface area contributed by atoms with Crippen molar-refractivity contribution in [1.29, 1.82) is 0 Å². The van der Waals surface area contributed by atoms with Crippen LogP contribution < -0.4 is 10.1 Å². The van der Waals surface area contributed by atoms with Crippen LogP contribution in [0.15, 0.2) is 82.4 Å². The molecule has 1 aromatic heterocycles. The van der Waals surface area contributed by atoms with E-state index in [1.165, 1.54) is 17.3 Å². The van der Waals surface area contributed by atoms with Crippen molar-refractivity contribution in [3.63, 3.8) is 0 Å². The van der Waals surface area contributed by atoms with E-state index in [9.17, 15) is 4.79 Å². The number of benzene rings is 3. The zero-order valence-electron chi connectivity index (χ0n) is 18.3. The average molecular weight is 523 g/mol. The molecule has 8 heteroatoms. The molecule has 168 valence electrons. The van der Waals surface area contributed by atoms with E-state index >= 15 is 0 Å². The molecule has 6 nitrogen and oxygen atoms in total. The number of amides is 1. The Kier molecular flexibility index (Phi) is 7.47. The van der Waals surface area contributed by atoms with E-state index in [0.29, 0.717) is 17.6 Å². The Hall–Kier alpha value is -3.10. The first-order valence-electron chi connectivity index (χ1n) is 10.5. The smallest absolute Gasteiger partial charge is 0.234 e. The van der Waals surface area contributed by atoms with E-state index in [0.717, 1.165) is 27.2 Å². The minimum absolute atomic E-state index is 0.115. The monoisotopic (exact) mass is 522 g/mol. The number of hydrogen-bond donors (Lipinski definition) is 1. The lowest BCUT2D eigenvalue weighted by Gasteiger charge is -2.12. The highest BCUT2D eigenvalue weighted by Crippen LogP contribution is 2.29. The van der Waals surface area contributed by atoms with Gasteiger partial charge in [-0.15, -0.1) is 10.2 Å². The van der Waals surface area contributed by atoms with Crippen molar-refractivity contribution in [2.45, 2.75) is 19.0 Å². The molecule has 3 aromatic carbocycles. The SMILES string of the molecule is CCOc1ccc(-n2c(SCC(=O)Nc3cccc(Br)c3)nnc2-c2ccc(C)cc2)cc1. The Balaban J connectivity index is 1.60. The summed E-state index contributed by atoms with van der Waals surface area (Å²) in [6.07, 6.45) is 0. The molecule has 0 radical (unpaired) electrons. The summed E-state index contributed by atoms with van der Waals surface area (Å²) in [5.74, 6) is 1.61. The van der Waals surface area contributed by atoms with Gasteiger partial charge in [0, 0.05) is 21.4 Å². The van der Waals surface area contributed by atoms with Crippen molar-refractivity contribution in [1.82, 2.24) is 14.8 Å². The molecule has 0 aliphatic carbocycles. The van der Waals surface area contributed by atoms with E-state index < -0.39 is 0 Å². The summed E-state index contributed by atoms with van der Waals surface area (Å²) < 4.78 is 8.46. The summed E-state index contributed by atoms with van der Waals surface area (Å²) in [7, 11) is 0. The van der Waals surface area contributed by atoms with Crippen LogP contribution in [-0.2, 0) is 4.79 Å². The highest BCUT2D eigenvalue weighted by Gasteiger charge is 2.17. The number of anilines is 1. The van der Waals surface area contributed by atoms with Crippen molar-refractivity contribution < 1.29 is 9.53 Å². The maximum Gasteiger partial charge on any atom is 0.234 e. The number of aromatic nitrogens is 3. The maximum absolute atomic E-state index is 12.6. The van der Waals surface area contributed by atoms with Crippen LogP contribution in [0, 0.1) is 6.92 Å². The van der Waals surface area contributed by atoms with Crippen LogP contribution in [0.4, 0.5) is 5.69 Å². The van der Waals surface area contributed by atoms with Gasteiger partial charge < -0.3 is 10.1 Å². The van der Waals surface area contributed by atoms with E-state index in [1.807, 2.05) is 91.2 Å². The molecule has 0 bridgehead atoms. The first-order chi connectivity index (χ1) is 16.0. The molecule has 0 aliphatic rings. The number of rotatable bonds is 8. The van der Waals surface area contributed by atoms with Crippen LogP contribution in [0.5, 0.6) is 5.75 Å². The fourth-order valence-corrected chi connectivity index (χ4v) is 4.39. The number of halogens is 1. The standard InChI is InChI=1S/C25H23BrN4O2S/c1-3-32-22-13-11-21(12-14-22)30-24(18-9-7-17(2)8-10-18)28-29-25(30)33-16-23(31)27-20-6-4-5-19(26)15-20/h4-15H,3,16H2,1-2H3,(H,27,31). The number of nitrogens with zero attached hydrogens (tertiary/aromatic N) is 3. The summed E-state index contributed by atoms with van der Waals surface area (Å²) in [5.41, 5.74) is 3.76. The minimum atomic E-state index is -0.115. The second kappa shape index (κ2) is 10.7. The normalized spacial score (nSPS) is 10.8. The van der Waals surface area contributed by atoms with Crippen LogP contribution in [0.25, 0.3) is 17.1 Å². The van der Waals surface area contributed by atoms with Crippen molar-refractivity contribution in [2.75, 3.05) is 17.7 Å². The van der Waals surface area contributed by atoms with Gasteiger partial charge in [-0.3, -0.25) is 9.36 Å². The molecule has 0 unspecified atom stereocenters. The molecule has 1 amide bonds. The first-order valence-corrected chi connectivity index (χ1v) is 12.3. The fourth-order valence-electron chi connectivity index (χ4n) is 3.24. The molecule has 4 rings (SSSR count). The van der Waals surface area contributed by atoms with Crippen molar-refractivity contribution >= 4 is 39.3 Å². The number of ether oxygens (including phenoxy) is 1. The van der Waals surface area contributed by atoms with Gasteiger partial charge in [0.25, 0.3) is 0 Å². The third-order valence-corrected chi connectivity index (χ3v) is 6.21. The zero-order valence-corrected chi connectivity index (χ0v) is 20.7. The maximum atomic E-state index is 12.6. The summed E-state index contributed by atoms with van der Waals surface area (Å²) >= 11 is 4.76. The molecule has 0 spiro atoms. The second-order valence-corrected chi connectivity index (χ2v) is 9.14. The fraction of sp³-hybridized carbons (Fsp3) is 0.160. The van der Waals surface area contributed by atoms with Crippen LogP contribution in [-0.4, -0.2) is 33.0 Å². The van der Waals surface area contributed by atoms with Gasteiger partial charge >= 0.3 is 0 Å². The number of nitrogens with one attached hydrogen (secondary N) is 1. The summed E-state index contributed by atoms with van der Waals surface area (Å²) in [6.45, 7) is 4.61. The van der Waals surface area contributed by atoms with Crippen molar-refractivity contribution in [3.05, 3.63) is 82.8 Å². The van der Waals surface area contributed by atoms with E-state index in [4.69, 9.17) is 4.74 Å². The molecule has 33 heavy (non-hydrogen) atoms. The number of thioether (sulfide) groups is 1. The summed E-state index contributed by atoms with van der Waals surface area (Å²) in [4.78, 5) is 12.6. The van der Waals surface area contributed by atoms with E-state index in [2.05, 4.69) is 31.4 Å². The lowest BCUT2D eigenvalue weighted by Crippen LogP contribution is -2.14. The van der Waals surface area contributed by atoms with Crippen molar-refractivity contribution in [3.8, 4) is 22.8 Å². The Morgan fingerprint density at radius 2 is 1.82 bits per heavy atom. The van der Waals surface area contributed by atoms with Crippen LogP contribution >= 0.6 is 27.7 Å². The van der Waals surface area contributed by atoms with E-state index in [1.54, 1.807) is 0 Å². The van der Waals surface area contributed by atoms with Gasteiger partial charge in [0.15, 0.2) is 11.0 Å². The van der Waals surface area contributed by atoms with Crippen molar-refractivity contribution in [2.24, 2.45) is 0 Å². The molecule has 0 aliphatic heterocycles. The topological polar surface area (TPSA) is 69.0 Å². The summed E-state index contributed by atoms with van der Waals surface area (Å²) in [5, 5.41) is 12.4. The number of carbonyl (C=O) groups excluding carboxylic acids is 1. The van der Waals surface area contributed by atoms with Gasteiger partial charge in [0.1, 0.15) is 5.75 Å². The second-order valence-electron chi connectivity index (χ2n) is 7.28. The molecule has 4 aromatic rings. The highest BCUT2D eigenvalue weighted by molar-refractivity contribution is 9.10. The minimum Gasteiger partial charge on any atom is -0.494 e. The molecule has 0 atom stereocenters. The molecular formula is C25H23BrN4O2S. The molecular weight excluding hydrogens is 500 g/mol. The first kappa shape index (κ1) is 23.1. The zero-order chi connectivity index (χ0) is 23.2. The Labute approximate surface area is 205 Å². The number of hydrogen-bond acceptors (Lipinski definition) is 5. The van der Waals surface area contributed by atoms with Gasteiger partial charge in [-0.05, 0) is 56.3 Å². The Morgan fingerprint density at radius 1 is 1.06 bits per heavy atom. The predicted molar refractivity (Wildman–Crippen MR) is 136 cm³/mol. The predicted octanol–water partition coefficient (Wildman–Crippen LogP) is 6.13. The van der Waals surface area contributed by atoms with Crippen LogP contribution in [0.2, 0.25) is 0 Å². The lowest BCUT2D eigenvalue weighted by molar-refractivity contribution is -0.113. The van der Waals surface area contributed by atoms with Gasteiger partial charge in [0.05, 0.1) is 12.4 Å². The number of carbonyl (C=O) groups is 1. The number of aryl methyl sites for hydroxylation is 1. The molecule has 1 N–H and O–H groups in total. The van der Waals surface area contributed by atoms with Gasteiger partial charge in [0.2, 0.25) is 5.91 Å². The molecule has 0 saturated heterocycles. The highest BCUT2D eigenvalue weighted by atomic mass is 79.9. The Bertz CT molecular complexity index is 1240. The molecule has 0 saturated carbocycles. The third kappa shape index (κ3) is 5.83. The van der Waals surface area contributed by atoms with Crippen LogP contribution in [0.3, 0.4) is 0 Å². The van der Waals surface area contributed by atoms with E-state index in [-0.39, 0.29) is 11.7 Å². The lowest BCUT2D eigenvalue weighted by atomic mass is 10.1. The van der Waals surface area contributed by atoms with Gasteiger partial charge in [-0.25, -0.2) is 0 Å².